The molecule has 2 aliphatic heterocycles. The first-order chi connectivity index (χ1) is 14.1. The molecule has 1 aromatic rings. The van der Waals surface area contributed by atoms with E-state index in [0.29, 0.717) is 43.3 Å². The van der Waals surface area contributed by atoms with Crippen molar-refractivity contribution in [3.05, 3.63) is 17.0 Å². The maximum atomic E-state index is 13.1. The maximum absolute atomic E-state index is 13.1. The van der Waals surface area contributed by atoms with Gasteiger partial charge in [-0.25, -0.2) is 0 Å². The van der Waals surface area contributed by atoms with Crippen molar-refractivity contribution in [3.63, 3.8) is 0 Å². The van der Waals surface area contributed by atoms with Gasteiger partial charge in [-0.15, -0.1) is 0 Å². The molecule has 1 aromatic heterocycles. The summed E-state index contributed by atoms with van der Waals surface area (Å²) in [7, 11) is 3.10. The second-order valence-corrected chi connectivity index (χ2v) is 7.62. The number of ether oxygens (including phenoxy) is 3. The van der Waals surface area contributed by atoms with Gasteiger partial charge in [-0.3, -0.25) is 9.59 Å². The molecule has 1 unspecified atom stereocenters. The van der Waals surface area contributed by atoms with E-state index >= 15 is 0 Å². The SMILES string of the molecule is COCC(=O)N(C1CCOCC1)C1CCCN(C(=O)c2noc(C)c2COC)C1. The van der Waals surface area contributed by atoms with Gasteiger partial charge in [-0.05, 0) is 32.6 Å². The number of nitrogens with zero attached hydrogens (tertiary/aromatic N) is 3. The van der Waals surface area contributed by atoms with E-state index in [1.165, 1.54) is 7.11 Å². The van der Waals surface area contributed by atoms with E-state index in [-0.39, 0.29) is 37.1 Å². The standard InChI is InChI=1S/C20H31N3O6/c1-14-17(12-26-2)19(21-29-14)20(25)22-8-4-5-16(11-22)23(18(24)13-27-3)15-6-9-28-10-7-15/h15-16H,4-13H2,1-3H3. The molecule has 0 saturated carbocycles. The zero-order valence-electron chi connectivity index (χ0n) is 17.5. The number of hydrogen-bond acceptors (Lipinski definition) is 7. The van der Waals surface area contributed by atoms with Crippen molar-refractivity contribution in [1.29, 1.82) is 0 Å². The van der Waals surface area contributed by atoms with Gasteiger partial charge < -0.3 is 28.5 Å². The number of amides is 2. The minimum absolute atomic E-state index is 0.0314. The summed E-state index contributed by atoms with van der Waals surface area (Å²) in [5.74, 6) is 0.378. The second-order valence-electron chi connectivity index (χ2n) is 7.62. The molecular weight excluding hydrogens is 378 g/mol. The summed E-state index contributed by atoms with van der Waals surface area (Å²) < 4.78 is 21.0. The molecule has 0 spiro atoms. The van der Waals surface area contributed by atoms with Crippen LogP contribution in [0.25, 0.3) is 0 Å². The molecule has 2 aliphatic rings. The third-order valence-electron chi connectivity index (χ3n) is 5.69. The molecule has 2 fully saturated rings. The summed E-state index contributed by atoms with van der Waals surface area (Å²) in [5, 5.41) is 3.97. The van der Waals surface area contributed by atoms with Crippen LogP contribution < -0.4 is 0 Å². The summed E-state index contributed by atoms with van der Waals surface area (Å²) in [6.07, 6.45) is 3.30. The number of carbonyl (C=O) groups is 2. The lowest BCUT2D eigenvalue weighted by atomic mass is 9.98. The third-order valence-corrected chi connectivity index (χ3v) is 5.69. The van der Waals surface area contributed by atoms with Gasteiger partial charge in [0.05, 0.1) is 12.2 Å². The molecule has 162 valence electrons. The largest absolute Gasteiger partial charge is 0.381 e. The van der Waals surface area contributed by atoms with Crippen LogP contribution in [0.2, 0.25) is 0 Å². The normalized spacial score (nSPS) is 20.7. The van der Waals surface area contributed by atoms with Gasteiger partial charge in [0.2, 0.25) is 5.91 Å². The topological polar surface area (TPSA) is 94.3 Å². The molecule has 9 nitrogen and oxygen atoms in total. The lowest BCUT2D eigenvalue weighted by Gasteiger charge is -2.44. The molecule has 1 atom stereocenters. The van der Waals surface area contributed by atoms with Gasteiger partial charge in [0.15, 0.2) is 5.69 Å². The first-order valence-electron chi connectivity index (χ1n) is 10.2. The highest BCUT2D eigenvalue weighted by Gasteiger charge is 2.36. The maximum Gasteiger partial charge on any atom is 0.276 e. The molecular formula is C20H31N3O6. The number of rotatable bonds is 7. The molecule has 29 heavy (non-hydrogen) atoms. The van der Waals surface area contributed by atoms with E-state index in [2.05, 4.69) is 5.16 Å². The van der Waals surface area contributed by atoms with Crippen LogP contribution in [0.1, 0.15) is 47.5 Å². The van der Waals surface area contributed by atoms with E-state index in [0.717, 1.165) is 25.7 Å². The highest BCUT2D eigenvalue weighted by Crippen LogP contribution is 2.25. The smallest absolute Gasteiger partial charge is 0.276 e. The van der Waals surface area contributed by atoms with E-state index in [1.54, 1.807) is 18.9 Å². The minimum Gasteiger partial charge on any atom is -0.381 e. The summed E-state index contributed by atoms with van der Waals surface area (Å²) in [4.78, 5) is 29.7. The number of aromatic nitrogens is 1. The molecule has 0 bridgehead atoms. The highest BCUT2D eigenvalue weighted by atomic mass is 16.5. The van der Waals surface area contributed by atoms with E-state index in [1.807, 2.05) is 4.90 Å². The molecule has 0 aliphatic carbocycles. The summed E-state index contributed by atoms with van der Waals surface area (Å²) in [5.41, 5.74) is 0.974. The number of likely N-dealkylation sites (tertiary alicyclic amines) is 1. The molecule has 3 heterocycles. The predicted octanol–water partition coefficient (Wildman–Crippen LogP) is 1.39. The fraction of sp³-hybridized carbons (Fsp3) is 0.750. The quantitative estimate of drug-likeness (QED) is 0.672. The lowest BCUT2D eigenvalue weighted by molar-refractivity contribution is -0.143. The monoisotopic (exact) mass is 409 g/mol. The highest BCUT2D eigenvalue weighted by molar-refractivity contribution is 5.94. The zero-order chi connectivity index (χ0) is 20.8. The van der Waals surface area contributed by atoms with Crippen molar-refractivity contribution in [2.75, 3.05) is 47.1 Å². The van der Waals surface area contributed by atoms with Crippen molar-refractivity contribution in [2.45, 2.75) is 51.3 Å². The number of piperidine rings is 1. The average Bonchev–Trinajstić information content (AvgIpc) is 3.10. The van der Waals surface area contributed by atoms with Crippen LogP contribution in [0, 0.1) is 6.92 Å². The van der Waals surface area contributed by atoms with Crippen molar-refractivity contribution in [1.82, 2.24) is 15.0 Å². The molecule has 0 radical (unpaired) electrons. The van der Waals surface area contributed by atoms with Gasteiger partial charge in [0.1, 0.15) is 12.4 Å². The van der Waals surface area contributed by atoms with Gasteiger partial charge in [-0.2, -0.15) is 0 Å². The summed E-state index contributed by atoms with van der Waals surface area (Å²) in [6, 6.07) is 0.0714. The predicted molar refractivity (Wildman–Crippen MR) is 103 cm³/mol. The van der Waals surface area contributed by atoms with Crippen LogP contribution in [0.5, 0.6) is 0 Å². The third kappa shape index (κ3) is 4.96. The first kappa shape index (κ1) is 21.7. The molecule has 2 saturated heterocycles. The molecule has 0 aromatic carbocycles. The van der Waals surface area contributed by atoms with E-state index in [9.17, 15) is 9.59 Å². The Labute approximate surface area is 171 Å². The first-order valence-corrected chi connectivity index (χ1v) is 10.2. The number of aryl methyl sites for hydroxylation is 1. The molecule has 2 amide bonds. The lowest BCUT2D eigenvalue weighted by Crippen LogP contribution is -2.57. The molecule has 0 N–H and O–H groups in total. The second kappa shape index (κ2) is 10.2. The van der Waals surface area contributed by atoms with Crippen LogP contribution in [0.3, 0.4) is 0 Å². The van der Waals surface area contributed by atoms with Crippen LogP contribution >= 0.6 is 0 Å². The van der Waals surface area contributed by atoms with Gasteiger partial charge in [0.25, 0.3) is 5.91 Å². The van der Waals surface area contributed by atoms with Crippen LogP contribution in [-0.2, 0) is 25.6 Å². The van der Waals surface area contributed by atoms with Crippen molar-refractivity contribution in [3.8, 4) is 0 Å². The number of methoxy groups -OCH3 is 2. The Kier molecular flexibility index (Phi) is 7.63. The Bertz CT molecular complexity index is 700. The minimum atomic E-state index is -0.176. The Balaban J connectivity index is 1.76. The number of carbonyl (C=O) groups excluding carboxylic acids is 2. The van der Waals surface area contributed by atoms with Gasteiger partial charge in [0, 0.05) is 52.6 Å². The number of hydrogen-bond donors (Lipinski definition) is 0. The van der Waals surface area contributed by atoms with E-state index < -0.39 is 0 Å². The fourth-order valence-electron chi connectivity index (χ4n) is 4.26. The Hall–Kier alpha value is -1.97. The van der Waals surface area contributed by atoms with E-state index in [4.69, 9.17) is 18.7 Å². The van der Waals surface area contributed by atoms with Crippen LogP contribution in [-0.4, -0.2) is 86.0 Å². The average molecular weight is 409 g/mol. The molecule has 3 rings (SSSR count). The Morgan fingerprint density at radius 2 is 1.93 bits per heavy atom. The van der Waals surface area contributed by atoms with Gasteiger partial charge in [-0.1, -0.05) is 5.16 Å². The van der Waals surface area contributed by atoms with Crippen molar-refractivity contribution < 1.29 is 28.3 Å². The van der Waals surface area contributed by atoms with Crippen molar-refractivity contribution >= 4 is 11.8 Å². The van der Waals surface area contributed by atoms with Gasteiger partial charge >= 0.3 is 0 Å². The van der Waals surface area contributed by atoms with Crippen LogP contribution in [0.4, 0.5) is 0 Å². The van der Waals surface area contributed by atoms with Crippen LogP contribution in [0.15, 0.2) is 4.52 Å². The fourth-order valence-corrected chi connectivity index (χ4v) is 4.26. The zero-order valence-corrected chi connectivity index (χ0v) is 17.5. The van der Waals surface area contributed by atoms with Crippen molar-refractivity contribution in [2.24, 2.45) is 0 Å². The summed E-state index contributed by atoms with van der Waals surface area (Å²) >= 11 is 0. The Morgan fingerprint density at radius 1 is 1.17 bits per heavy atom. The Morgan fingerprint density at radius 3 is 2.62 bits per heavy atom. The molecule has 9 heteroatoms. The summed E-state index contributed by atoms with van der Waals surface area (Å²) in [6.45, 7) is 4.49.